The van der Waals surface area contributed by atoms with Crippen LogP contribution in [0.4, 0.5) is 5.82 Å². The van der Waals surface area contributed by atoms with Gasteiger partial charge in [-0.1, -0.05) is 0 Å². The van der Waals surface area contributed by atoms with E-state index in [1.165, 1.54) is 12.8 Å². The summed E-state index contributed by atoms with van der Waals surface area (Å²) < 4.78 is 4.16. The van der Waals surface area contributed by atoms with Crippen LogP contribution >= 0.6 is 0 Å². The second-order valence-electron chi connectivity index (χ2n) is 7.49. The zero-order chi connectivity index (χ0) is 18.1. The van der Waals surface area contributed by atoms with Gasteiger partial charge in [-0.15, -0.1) is 0 Å². The number of aliphatic hydroxyl groups excluding tert-OH is 1. The van der Waals surface area contributed by atoms with Gasteiger partial charge in [0, 0.05) is 42.7 Å². The van der Waals surface area contributed by atoms with Crippen molar-refractivity contribution in [3.05, 3.63) is 36.7 Å². The summed E-state index contributed by atoms with van der Waals surface area (Å²) in [4.78, 5) is 15.8. The predicted octanol–water partition coefficient (Wildman–Crippen LogP) is 1.97. The summed E-state index contributed by atoms with van der Waals surface area (Å²) in [6.07, 6.45) is 7.52. The van der Waals surface area contributed by atoms with Crippen molar-refractivity contribution in [1.29, 1.82) is 0 Å². The summed E-state index contributed by atoms with van der Waals surface area (Å²) in [7, 11) is 0. The average Bonchev–Trinajstić information content (AvgIpc) is 3.28. The van der Waals surface area contributed by atoms with Crippen LogP contribution in [0.3, 0.4) is 0 Å². The SMILES string of the molecule is Cc1nc2ncc(-c3ccn4ncnc(N5CC(O)C5)c34)cc2n1C1CC1. The number of aromatic nitrogens is 6. The number of fused-ring (bicyclic) bond motifs is 2. The summed E-state index contributed by atoms with van der Waals surface area (Å²) in [5.41, 5.74) is 4.91. The van der Waals surface area contributed by atoms with Gasteiger partial charge in [0.05, 0.1) is 11.6 Å². The van der Waals surface area contributed by atoms with Gasteiger partial charge in [-0.25, -0.2) is 19.5 Å². The first-order valence-electron chi connectivity index (χ1n) is 9.29. The molecule has 0 atom stereocenters. The molecule has 0 spiro atoms. The molecular weight excluding hydrogens is 342 g/mol. The van der Waals surface area contributed by atoms with E-state index in [0.29, 0.717) is 19.1 Å². The lowest BCUT2D eigenvalue weighted by Crippen LogP contribution is -2.51. The molecule has 4 aromatic heterocycles. The number of β-amino-alcohol motifs (C(OH)–C–C–N with tert-alkyl or cyclic N) is 1. The van der Waals surface area contributed by atoms with E-state index < -0.39 is 0 Å². The molecule has 0 bridgehead atoms. The highest BCUT2D eigenvalue weighted by Crippen LogP contribution is 2.39. The molecule has 0 radical (unpaired) electrons. The summed E-state index contributed by atoms with van der Waals surface area (Å²) in [6.45, 7) is 3.25. The van der Waals surface area contributed by atoms with Crippen LogP contribution < -0.4 is 4.90 Å². The Balaban J connectivity index is 1.54. The van der Waals surface area contributed by atoms with Crippen LogP contribution in [-0.2, 0) is 0 Å². The van der Waals surface area contributed by atoms with E-state index in [4.69, 9.17) is 0 Å². The quantitative estimate of drug-likeness (QED) is 0.601. The van der Waals surface area contributed by atoms with Gasteiger partial charge in [-0.2, -0.15) is 5.10 Å². The molecule has 6 rings (SSSR count). The Labute approximate surface area is 155 Å². The molecule has 4 aromatic rings. The molecular formula is C19H19N7O. The maximum atomic E-state index is 9.69. The molecule has 136 valence electrons. The van der Waals surface area contributed by atoms with Gasteiger partial charge in [0.15, 0.2) is 11.5 Å². The number of pyridine rings is 1. The molecule has 1 saturated carbocycles. The van der Waals surface area contributed by atoms with E-state index in [9.17, 15) is 5.11 Å². The highest BCUT2D eigenvalue weighted by Gasteiger charge is 2.29. The largest absolute Gasteiger partial charge is 0.389 e. The third kappa shape index (κ3) is 2.19. The minimum Gasteiger partial charge on any atom is -0.389 e. The molecule has 2 aliphatic rings. The Morgan fingerprint density at radius 1 is 1.19 bits per heavy atom. The number of aliphatic hydroxyl groups is 1. The van der Waals surface area contributed by atoms with Crippen molar-refractivity contribution in [2.75, 3.05) is 18.0 Å². The van der Waals surface area contributed by atoms with E-state index in [2.05, 4.69) is 48.6 Å². The van der Waals surface area contributed by atoms with E-state index in [1.54, 1.807) is 6.33 Å². The monoisotopic (exact) mass is 361 g/mol. The molecule has 5 heterocycles. The molecule has 8 nitrogen and oxygen atoms in total. The topological polar surface area (TPSA) is 84.4 Å². The fourth-order valence-corrected chi connectivity index (χ4v) is 4.06. The van der Waals surface area contributed by atoms with Gasteiger partial charge in [-0.05, 0) is 31.9 Å². The molecule has 2 fully saturated rings. The number of hydrogen-bond donors (Lipinski definition) is 1. The van der Waals surface area contributed by atoms with E-state index >= 15 is 0 Å². The second kappa shape index (κ2) is 5.26. The van der Waals surface area contributed by atoms with Crippen LogP contribution in [0.5, 0.6) is 0 Å². The maximum Gasteiger partial charge on any atom is 0.177 e. The molecule has 8 heteroatoms. The van der Waals surface area contributed by atoms with Crippen LogP contribution in [-0.4, -0.2) is 53.4 Å². The number of aryl methyl sites for hydroxylation is 1. The normalized spacial score (nSPS) is 17.8. The molecule has 0 amide bonds. The number of anilines is 1. The Morgan fingerprint density at radius 2 is 2.04 bits per heavy atom. The first-order chi connectivity index (χ1) is 13.2. The number of hydrogen-bond acceptors (Lipinski definition) is 6. The summed E-state index contributed by atoms with van der Waals surface area (Å²) in [5.74, 6) is 1.87. The van der Waals surface area contributed by atoms with Crippen molar-refractivity contribution in [2.24, 2.45) is 0 Å². The lowest BCUT2D eigenvalue weighted by molar-refractivity contribution is 0.141. The molecule has 0 aromatic carbocycles. The van der Waals surface area contributed by atoms with Crippen LogP contribution in [0.25, 0.3) is 27.8 Å². The highest BCUT2D eigenvalue weighted by atomic mass is 16.3. The zero-order valence-electron chi connectivity index (χ0n) is 14.9. The molecule has 1 aliphatic heterocycles. The van der Waals surface area contributed by atoms with E-state index in [1.807, 2.05) is 16.9 Å². The molecule has 1 N–H and O–H groups in total. The second-order valence-corrected chi connectivity index (χ2v) is 7.49. The van der Waals surface area contributed by atoms with Crippen molar-refractivity contribution in [3.63, 3.8) is 0 Å². The summed E-state index contributed by atoms with van der Waals surface area (Å²) in [6, 6.07) is 4.79. The van der Waals surface area contributed by atoms with E-state index in [-0.39, 0.29) is 6.10 Å². The Hall–Kier alpha value is -3.00. The third-order valence-electron chi connectivity index (χ3n) is 5.54. The van der Waals surface area contributed by atoms with Crippen molar-refractivity contribution >= 4 is 22.5 Å². The van der Waals surface area contributed by atoms with Gasteiger partial charge in [0.2, 0.25) is 0 Å². The van der Waals surface area contributed by atoms with Gasteiger partial charge in [0.1, 0.15) is 17.7 Å². The standard InChI is InChI=1S/C19H19N7O/c1-11-23-18-16(26(11)13-2-3-13)6-12(7-20-18)15-4-5-25-17(15)19(21-10-22-25)24-8-14(27)9-24/h4-7,10,13-14,27H,2-3,8-9H2,1H3. The first kappa shape index (κ1) is 15.1. The van der Waals surface area contributed by atoms with Crippen molar-refractivity contribution in [1.82, 2.24) is 29.1 Å². The van der Waals surface area contributed by atoms with Crippen molar-refractivity contribution in [2.45, 2.75) is 31.9 Å². The lowest BCUT2D eigenvalue weighted by atomic mass is 10.1. The average molecular weight is 361 g/mol. The maximum absolute atomic E-state index is 9.69. The third-order valence-corrected chi connectivity index (χ3v) is 5.54. The van der Waals surface area contributed by atoms with E-state index in [0.717, 1.165) is 39.4 Å². The minimum absolute atomic E-state index is 0.285. The summed E-state index contributed by atoms with van der Waals surface area (Å²) >= 11 is 0. The molecule has 1 aliphatic carbocycles. The van der Waals surface area contributed by atoms with Gasteiger partial charge in [-0.3, -0.25) is 0 Å². The number of nitrogens with zero attached hydrogens (tertiary/aromatic N) is 7. The number of imidazole rings is 1. The van der Waals surface area contributed by atoms with Gasteiger partial charge >= 0.3 is 0 Å². The van der Waals surface area contributed by atoms with Gasteiger partial charge < -0.3 is 14.6 Å². The smallest absolute Gasteiger partial charge is 0.177 e. The minimum atomic E-state index is -0.285. The molecule has 0 unspecified atom stereocenters. The van der Waals surface area contributed by atoms with Crippen molar-refractivity contribution in [3.8, 4) is 11.1 Å². The highest BCUT2D eigenvalue weighted by molar-refractivity contribution is 5.91. The fourth-order valence-electron chi connectivity index (χ4n) is 4.06. The Morgan fingerprint density at radius 3 is 2.81 bits per heavy atom. The van der Waals surface area contributed by atoms with Crippen LogP contribution in [0.1, 0.15) is 24.7 Å². The first-order valence-corrected chi connectivity index (χ1v) is 9.29. The van der Waals surface area contributed by atoms with Crippen LogP contribution in [0, 0.1) is 6.92 Å². The predicted molar refractivity (Wildman–Crippen MR) is 101 cm³/mol. The molecule has 1 saturated heterocycles. The summed E-state index contributed by atoms with van der Waals surface area (Å²) in [5, 5.41) is 14.0. The zero-order valence-corrected chi connectivity index (χ0v) is 14.9. The lowest BCUT2D eigenvalue weighted by Gasteiger charge is -2.37. The Kier molecular flexibility index (Phi) is 2.94. The Bertz CT molecular complexity index is 1180. The number of rotatable bonds is 3. The van der Waals surface area contributed by atoms with Gasteiger partial charge in [0.25, 0.3) is 0 Å². The van der Waals surface area contributed by atoms with Crippen LogP contribution in [0.2, 0.25) is 0 Å². The molecule has 27 heavy (non-hydrogen) atoms. The van der Waals surface area contributed by atoms with Crippen LogP contribution in [0.15, 0.2) is 30.9 Å². The fraction of sp³-hybridized carbons (Fsp3) is 0.368. The van der Waals surface area contributed by atoms with Crippen molar-refractivity contribution < 1.29 is 5.11 Å².